The van der Waals surface area contributed by atoms with Gasteiger partial charge in [-0.3, -0.25) is 0 Å². The minimum absolute atomic E-state index is 0.134. The van der Waals surface area contributed by atoms with Crippen LogP contribution < -0.4 is 5.59 Å². The molecule has 1 aromatic heterocycles. The van der Waals surface area contributed by atoms with Crippen molar-refractivity contribution in [1.82, 2.24) is 10.2 Å². The number of rotatable bonds is 1. The number of fused-ring (bicyclic) bond motifs is 1. The molecule has 2 rings (SSSR count). The highest BCUT2D eigenvalue weighted by Crippen LogP contribution is 2.15. The van der Waals surface area contributed by atoms with Crippen LogP contribution in [0, 0.1) is 0 Å². The van der Waals surface area contributed by atoms with E-state index < -0.39 is 12.6 Å². The molecule has 0 aliphatic carbocycles. The lowest BCUT2D eigenvalue weighted by Gasteiger charge is -2.11. The lowest BCUT2D eigenvalue weighted by molar-refractivity contribution is 0.499. The van der Waals surface area contributed by atoms with Crippen LogP contribution in [-0.2, 0) is 0 Å². The smallest absolute Gasteiger partial charge is 0.444 e. The van der Waals surface area contributed by atoms with Gasteiger partial charge < -0.3 is 18.0 Å². The molecule has 1 aromatic carbocycles. The number of hydrogen-bond acceptors (Lipinski definition) is 1. The van der Waals surface area contributed by atoms with Gasteiger partial charge in [0, 0.05) is 0 Å². The van der Waals surface area contributed by atoms with Gasteiger partial charge in [0.15, 0.2) is 0 Å². The second-order valence-electron chi connectivity index (χ2n) is 2.73. The van der Waals surface area contributed by atoms with Crippen molar-refractivity contribution in [2.24, 2.45) is 0 Å². The summed E-state index contributed by atoms with van der Waals surface area (Å²) < 4.78 is 37.0. The Kier molecular flexibility index (Phi) is 1.58. The van der Waals surface area contributed by atoms with Crippen LogP contribution >= 0.6 is 0 Å². The normalized spacial score (nSPS) is 12.2. The number of hydrogen-bond donors (Lipinski definition) is 1. The van der Waals surface area contributed by atoms with Crippen molar-refractivity contribution >= 4 is 23.5 Å². The molecular formula is C7H5BF3N2-. The first-order chi connectivity index (χ1) is 6.09. The topological polar surface area (TPSA) is 28.7 Å². The molecular weight excluding hydrogens is 180 g/mol. The lowest BCUT2D eigenvalue weighted by atomic mass is 9.84. The van der Waals surface area contributed by atoms with E-state index in [1.807, 2.05) is 5.10 Å². The van der Waals surface area contributed by atoms with Crippen LogP contribution in [-0.4, -0.2) is 17.2 Å². The van der Waals surface area contributed by atoms with Gasteiger partial charge in [-0.05, 0) is 17.0 Å². The predicted molar refractivity (Wildman–Crippen MR) is 44.8 cm³/mol. The molecule has 1 N–H and O–H groups in total. The molecule has 0 atom stereocenters. The Morgan fingerprint density at radius 2 is 1.85 bits per heavy atom. The summed E-state index contributed by atoms with van der Waals surface area (Å²) in [5.74, 6) is 0. The van der Waals surface area contributed by atoms with Crippen molar-refractivity contribution in [3.8, 4) is 0 Å². The Morgan fingerprint density at radius 3 is 2.54 bits per heavy atom. The standard InChI is InChI=1S/C7H5BF3N2/c9-8(10,11)7-5-3-1-2-4-6(5)12-13-7/h1-4H,(H,12,13)/q-1. The highest BCUT2D eigenvalue weighted by atomic mass is 19.4. The molecule has 0 saturated heterocycles. The van der Waals surface area contributed by atoms with E-state index in [4.69, 9.17) is 0 Å². The minimum atomic E-state index is -4.99. The molecule has 68 valence electrons. The Hall–Kier alpha value is -1.46. The zero-order chi connectivity index (χ0) is 9.47. The fourth-order valence-electron chi connectivity index (χ4n) is 1.23. The predicted octanol–water partition coefficient (Wildman–Crippen LogP) is 1.62. The van der Waals surface area contributed by atoms with Crippen molar-refractivity contribution in [2.75, 3.05) is 0 Å². The number of nitrogens with zero attached hydrogens (tertiary/aromatic N) is 1. The second kappa shape index (κ2) is 2.51. The van der Waals surface area contributed by atoms with Gasteiger partial charge in [-0.25, -0.2) is 0 Å². The molecule has 2 nitrogen and oxygen atoms in total. The molecule has 0 saturated carbocycles. The SMILES string of the molecule is F[B-](F)(F)c1[nH]nc2ccccc12. The maximum absolute atomic E-state index is 12.3. The summed E-state index contributed by atoms with van der Waals surface area (Å²) in [6, 6.07) is 6.15. The molecule has 0 bridgehead atoms. The van der Waals surface area contributed by atoms with Crippen molar-refractivity contribution in [3.63, 3.8) is 0 Å². The molecule has 1 heterocycles. The van der Waals surface area contributed by atoms with Crippen LogP contribution in [0.1, 0.15) is 0 Å². The summed E-state index contributed by atoms with van der Waals surface area (Å²) in [6.07, 6.45) is 0. The van der Waals surface area contributed by atoms with Crippen LogP contribution in [0.2, 0.25) is 0 Å². The number of aromatic nitrogens is 2. The molecule has 2 aromatic rings. The van der Waals surface area contributed by atoms with E-state index in [1.54, 1.807) is 12.1 Å². The Morgan fingerprint density at radius 1 is 1.15 bits per heavy atom. The average molecular weight is 185 g/mol. The van der Waals surface area contributed by atoms with E-state index in [9.17, 15) is 12.9 Å². The highest BCUT2D eigenvalue weighted by molar-refractivity contribution is 6.75. The molecule has 0 aliphatic heterocycles. The maximum Gasteiger partial charge on any atom is 0.527 e. The van der Waals surface area contributed by atoms with Gasteiger partial charge >= 0.3 is 6.98 Å². The Bertz CT molecular complexity index is 434. The van der Waals surface area contributed by atoms with Crippen LogP contribution in [0.4, 0.5) is 12.9 Å². The van der Waals surface area contributed by atoms with Crippen molar-refractivity contribution in [2.45, 2.75) is 0 Å². The minimum Gasteiger partial charge on any atom is -0.444 e. The lowest BCUT2D eigenvalue weighted by Crippen LogP contribution is -2.35. The fraction of sp³-hybridized carbons (Fsp3) is 0. The number of aromatic amines is 1. The van der Waals surface area contributed by atoms with E-state index in [0.717, 1.165) is 0 Å². The summed E-state index contributed by atoms with van der Waals surface area (Å²) in [4.78, 5) is 0. The Labute approximate surface area is 71.8 Å². The molecule has 0 radical (unpaired) electrons. The van der Waals surface area contributed by atoms with Gasteiger partial charge in [-0.1, -0.05) is 18.2 Å². The molecule has 13 heavy (non-hydrogen) atoms. The van der Waals surface area contributed by atoms with Gasteiger partial charge in [0.2, 0.25) is 0 Å². The van der Waals surface area contributed by atoms with Crippen molar-refractivity contribution in [1.29, 1.82) is 0 Å². The summed E-state index contributed by atoms with van der Waals surface area (Å²) in [5, 5.41) is 5.70. The first kappa shape index (κ1) is 8.16. The third kappa shape index (κ3) is 1.28. The average Bonchev–Trinajstić information content (AvgIpc) is 2.45. The molecule has 0 fully saturated rings. The number of nitrogens with one attached hydrogen (secondary N) is 1. The first-order valence-corrected chi connectivity index (χ1v) is 3.72. The van der Waals surface area contributed by atoms with E-state index in [-0.39, 0.29) is 5.39 Å². The maximum atomic E-state index is 12.3. The summed E-state index contributed by atoms with van der Waals surface area (Å²) in [6.45, 7) is -4.99. The van der Waals surface area contributed by atoms with Gasteiger partial charge in [0.25, 0.3) is 0 Å². The molecule has 0 spiro atoms. The number of benzene rings is 1. The molecule has 6 heteroatoms. The van der Waals surface area contributed by atoms with Gasteiger partial charge in [0.1, 0.15) is 0 Å². The highest BCUT2D eigenvalue weighted by Gasteiger charge is 2.29. The molecule has 0 aliphatic rings. The van der Waals surface area contributed by atoms with Crippen molar-refractivity contribution < 1.29 is 12.9 Å². The van der Waals surface area contributed by atoms with Crippen LogP contribution in [0.25, 0.3) is 10.9 Å². The van der Waals surface area contributed by atoms with E-state index in [2.05, 4.69) is 5.10 Å². The van der Waals surface area contributed by atoms with Gasteiger partial charge in [-0.15, -0.1) is 0 Å². The number of halogens is 3. The number of H-pyrrole nitrogens is 1. The van der Waals surface area contributed by atoms with Gasteiger partial charge in [-0.2, -0.15) is 5.10 Å². The Balaban J connectivity index is 2.72. The fourth-order valence-corrected chi connectivity index (χ4v) is 1.23. The van der Waals surface area contributed by atoms with Crippen molar-refractivity contribution in [3.05, 3.63) is 24.3 Å². The quantitative estimate of drug-likeness (QED) is 0.671. The third-order valence-corrected chi connectivity index (χ3v) is 1.82. The zero-order valence-corrected chi connectivity index (χ0v) is 6.47. The zero-order valence-electron chi connectivity index (χ0n) is 6.47. The van der Waals surface area contributed by atoms with Gasteiger partial charge in [0.05, 0.1) is 5.52 Å². The number of para-hydroxylation sites is 1. The summed E-state index contributed by atoms with van der Waals surface area (Å²) >= 11 is 0. The third-order valence-electron chi connectivity index (χ3n) is 1.82. The summed E-state index contributed by atoms with van der Waals surface area (Å²) in [5.41, 5.74) is -0.382. The monoisotopic (exact) mass is 185 g/mol. The first-order valence-electron chi connectivity index (χ1n) is 3.72. The molecule has 0 amide bonds. The van der Waals surface area contributed by atoms with Crippen LogP contribution in [0.5, 0.6) is 0 Å². The largest absolute Gasteiger partial charge is 0.527 e. The second-order valence-corrected chi connectivity index (χ2v) is 2.73. The molecule has 0 unspecified atom stereocenters. The van der Waals surface area contributed by atoms with E-state index >= 15 is 0 Å². The summed E-state index contributed by atoms with van der Waals surface area (Å²) in [7, 11) is 0. The van der Waals surface area contributed by atoms with Crippen LogP contribution in [0.15, 0.2) is 24.3 Å². The van der Waals surface area contributed by atoms with Crippen LogP contribution in [0.3, 0.4) is 0 Å². The van der Waals surface area contributed by atoms with E-state index in [0.29, 0.717) is 5.52 Å². The van der Waals surface area contributed by atoms with E-state index in [1.165, 1.54) is 12.1 Å².